The van der Waals surface area contributed by atoms with Crippen LogP contribution in [0.15, 0.2) is 23.1 Å². The van der Waals surface area contributed by atoms with Crippen LogP contribution >= 0.6 is 0 Å². The smallest absolute Gasteiger partial charge is 1.00 e. The van der Waals surface area contributed by atoms with Gasteiger partial charge in [0.2, 0.25) is 5.43 Å². The average Bonchev–Trinajstić information content (AvgIpc) is 2.55. The van der Waals surface area contributed by atoms with Crippen LogP contribution < -0.4 is 45.2 Å². The number of carboxylic acids is 1. The van der Waals surface area contributed by atoms with Crippen LogP contribution in [-0.2, 0) is 6.54 Å². The molecule has 0 saturated carbocycles. The molecule has 3 rings (SSSR count). The number of benzene rings is 1. The first-order valence-corrected chi connectivity index (χ1v) is 8.00. The van der Waals surface area contributed by atoms with Gasteiger partial charge in [-0.2, -0.15) is 0 Å². The molecule has 1 atom stereocenters. The van der Waals surface area contributed by atoms with E-state index in [-0.39, 0.29) is 48.0 Å². The number of aryl methyl sites for hydroxylation is 1. The fourth-order valence-electron chi connectivity index (χ4n) is 3.21. The number of piperazine rings is 1. The van der Waals surface area contributed by atoms with Crippen LogP contribution in [0.1, 0.15) is 25.6 Å². The van der Waals surface area contributed by atoms with Crippen LogP contribution in [0.25, 0.3) is 10.9 Å². The SMILES string of the molecule is CCn1cc(C(=O)O)c(=O)c2cc(F)c(N3CCNC(C)C3)cc21.[H-].[Na+]. The number of fused-ring (bicyclic) bond motifs is 1. The Labute approximate surface area is 168 Å². The summed E-state index contributed by atoms with van der Waals surface area (Å²) in [6, 6.07) is 3.06. The second-order valence-corrected chi connectivity index (χ2v) is 6.09. The molecule has 0 aliphatic carbocycles. The molecule has 1 unspecified atom stereocenters. The van der Waals surface area contributed by atoms with Crippen LogP contribution in [0, 0.1) is 5.82 Å². The fraction of sp³-hybridized carbons (Fsp3) is 0.412. The molecule has 1 aromatic carbocycles. The largest absolute Gasteiger partial charge is 1.00 e. The van der Waals surface area contributed by atoms with Crippen molar-refractivity contribution >= 4 is 22.6 Å². The summed E-state index contributed by atoms with van der Waals surface area (Å²) in [5.74, 6) is -1.80. The van der Waals surface area contributed by atoms with Gasteiger partial charge in [0.25, 0.3) is 0 Å². The van der Waals surface area contributed by atoms with E-state index in [0.29, 0.717) is 30.8 Å². The number of halogens is 1. The summed E-state index contributed by atoms with van der Waals surface area (Å²) in [4.78, 5) is 25.5. The second-order valence-electron chi connectivity index (χ2n) is 6.09. The number of carboxylic acid groups (broad SMARTS) is 1. The summed E-state index contributed by atoms with van der Waals surface area (Å²) < 4.78 is 16.3. The zero-order valence-corrected chi connectivity index (χ0v) is 16.7. The Morgan fingerprint density at radius 1 is 1.48 bits per heavy atom. The summed E-state index contributed by atoms with van der Waals surface area (Å²) in [6.45, 7) is 6.48. The predicted octanol–water partition coefficient (Wildman–Crippen LogP) is -1.23. The van der Waals surface area contributed by atoms with E-state index in [0.717, 1.165) is 12.6 Å². The summed E-state index contributed by atoms with van der Waals surface area (Å²) in [5, 5.41) is 12.6. The molecule has 0 spiro atoms. The molecule has 0 bridgehead atoms. The van der Waals surface area contributed by atoms with Gasteiger partial charge in [0.15, 0.2) is 0 Å². The first kappa shape index (κ1) is 19.9. The van der Waals surface area contributed by atoms with E-state index in [2.05, 4.69) is 5.32 Å². The fourth-order valence-corrected chi connectivity index (χ4v) is 3.21. The minimum Gasteiger partial charge on any atom is -1.00 e. The number of rotatable bonds is 3. The van der Waals surface area contributed by atoms with Crippen molar-refractivity contribution in [2.24, 2.45) is 0 Å². The monoisotopic (exact) mass is 357 g/mol. The Morgan fingerprint density at radius 3 is 2.80 bits per heavy atom. The van der Waals surface area contributed by atoms with Crippen molar-refractivity contribution in [1.29, 1.82) is 0 Å². The zero-order valence-electron chi connectivity index (χ0n) is 15.7. The van der Waals surface area contributed by atoms with Gasteiger partial charge in [0.1, 0.15) is 11.4 Å². The van der Waals surface area contributed by atoms with Crippen molar-refractivity contribution in [1.82, 2.24) is 9.88 Å². The molecule has 0 amide bonds. The first-order chi connectivity index (χ1) is 11.4. The van der Waals surface area contributed by atoms with Gasteiger partial charge < -0.3 is 21.3 Å². The third-order valence-electron chi connectivity index (χ3n) is 4.43. The van der Waals surface area contributed by atoms with E-state index in [1.165, 1.54) is 6.20 Å². The van der Waals surface area contributed by atoms with Crippen molar-refractivity contribution < 1.29 is 45.3 Å². The van der Waals surface area contributed by atoms with Gasteiger partial charge in [-0.05, 0) is 26.0 Å². The number of nitrogens with one attached hydrogen (secondary N) is 1. The number of nitrogens with zero attached hydrogens (tertiary/aromatic N) is 2. The average molecular weight is 357 g/mol. The third kappa shape index (κ3) is 3.74. The van der Waals surface area contributed by atoms with E-state index in [9.17, 15) is 19.1 Å². The number of aromatic carboxylic acids is 1. The third-order valence-corrected chi connectivity index (χ3v) is 4.43. The Hall–Kier alpha value is -1.41. The number of hydrogen-bond acceptors (Lipinski definition) is 4. The summed E-state index contributed by atoms with van der Waals surface area (Å²) in [7, 11) is 0. The van der Waals surface area contributed by atoms with Gasteiger partial charge in [-0.1, -0.05) is 0 Å². The predicted molar refractivity (Wildman–Crippen MR) is 91.6 cm³/mol. The van der Waals surface area contributed by atoms with Gasteiger partial charge in [-0.15, -0.1) is 0 Å². The van der Waals surface area contributed by atoms with Crippen LogP contribution in [0.5, 0.6) is 0 Å². The van der Waals surface area contributed by atoms with E-state index in [1.54, 1.807) is 10.6 Å². The Bertz CT molecular complexity index is 874. The quantitative estimate of drug-likeness (QED) is 0.674. The molecular formula is C17H21FN3NaO3. The van der Waals surface area contributed by atoms with Crippen molar-refractivity contribution in [3.8, 4) is 0 Å². The van der Waals surface area contributed by atoms with Gasteiger partial charge in [0.05, 0.1) is 11.2 Å². The van der Waals surface area contributed by atoms with Crippen LogP contribution in [0.4, 0.5) is 10.1 Å². The van der Waals surface area contributed by atoms with Crippen LogP contribution in [-0.4, -0.2) is 41.3 Å². The van der Waals surface area contributed by atoms with Gasteiger partial charge in [-0.25, -0.2) is 9.18 Å². The van der Waals surface area contributed by atoms with Crippen LogP contribution in [0.3, 0.4) is 0 Å². The number of aromatic nitrogens is 1. The van der Waals surface area contributed by atoms with Crippen molar-refractivity contribution in [3.63, 3.8) is 0 Å². The Kier molecular flexibility index (Phi) is 6.26. The zero-order chi connectivity index (χ0) is 17.4. The van der Waals surface area contributed by atoms with Gasteiger partial charge >= 0.3 is 35.5 Å². The first-order valence-electron chi connectivity index (χ1n) is 8.00. The van der Waals surface area contributed by atoms with E-state index >= 15 is 0 Å². The van der Waals surface area contributed by atoms with E-state index < -0.39 is 17.2 Å². The van der Waals surface area contributed by atoms with Crippen LogP contribution in [0.2, 0.25) is 0 Å². The van der Waals surface area contributed by atoms with E-state index in [1.807, 2.05) is 18.7 Å². The van der Waals surface area contributed by atoms with Crippen molar-refractivity contribution in [2.75, 3.05) is 24.5 Å². The van der Waals surface area contributed by atoms with Gasteiger partial charge in [-0.3, -0.25) is 4.79 Å². The molecule has 25 heavy (non-hydrogen) atoms. The molecule has 0 radical (unpaired) electrons. The number of carbonyl (C=O) groups is 1. The summed E-state index contributed by atoms with van der Waals surface area (Å²) >= 11 is 0. The molecule has 1 aromatic heterocycles. The Morgan fingerprint density at radius 2 is 2.20 bits per heavy atom. The summed E-state index contributed by atoms with van der Waals surface area (Å²) in [5.41, 5.74) is 0.00392. The maximum Gasteiger partial charge on any atom is 1.00 e. The molecule has 1 fully saturated rings. The maximum atomic E-state index is 14.6. The Balaban J connectivity index is 0.00000169. The van der Waals surface area contributed by atoms with Crippen molar-refractivity contribution in [2.45, 2.75) is 26.4 Å². The molecule has 1 saturated heterocycles. The minimum absolute atomic E-state index is 0. The molecule has 130 valence electrons. The molecular weight excluding hydrogens is 336 g/mol. The topological polar surface area (TPSA) is 74.6 Å². The molecule has 1 aliphatic heterocycles. The second kappa shape index (κ2) is 7.86. The van der Waals surface area contributed by atoms with E-state index in [4.69, 9.17) is 0 Å². The molecule has 1 aliphatic rings. The van der Waals surface area contributed by atoms with Gasteiger partial charge in [0, 0.05) is 43.8 Å². The minimum atomic E-state index is -1.30. The van der Waals surface area contributed by atoms with Crippen molar-refractivity contribution in [3.05, 3.63) is 39.9 Å². The molecule has 6 nitrogen and oxygen atoms in total. The molecule has 2 aromatic rings. The maximum absolute atomic E-state index is 14.6. The standard InChI is InChI=1S/C17H20FN3O3.Na.H/c1-3-20-9-12(17(23)24)16(22)11-6-13(18)15(7-14(11)20)21-5-4-19-10(2)8-21;;/h6-7,9-10,19H,3-5,8H2,1-2H3,(H,23,24);;/q;+1;-1. The number of anilines is 1. The molecule has 2 heterocycles. The molecule has 8 heteroatoms. The number of pyridine rings is 1. The normalized spacial score (nSPS) is 17.4. The molecule has 2 N–H and O–H groups in total. The summed E-state index contributed by atoms with van der Waals surface area (Å²) in [6.07, 6.45) is 1.33. The number of hydrogen-bond donors (Lipinski definition) is 2.